The molecule has 1 aliphatic rings. The number of halogens is 1. The molecule has 0 saturated carbocycles. The number of piperidine rings is 1. The maximum absolute atomic E-state index is 13.0. The third-order valence-electron chi connectivity index (χ3n) is 4.43. The Morgan fingerprint density at radius 2 is 2.19 bits per heavy atom. The number of nitrogens with one attached hydrogen (secondary N) is 1. The number of sulfonamides is 1. The van der Waals surface area contributed by atoms with Gasteiger partial charge in [-0.1, -0.05) is 18.5 Å². The van der Waals surface area contributed by atoms with E-state index >= 15 is 0 Å². The van der Waals surface area contributed by atoms with Gasteiger partial charge in [-0.15, -0.1) is 0 Å². The van der Waals surface area contributed by atoms with Gasteiger partial charge in [0.2, 0.25) is 10.0 Å². The minimum absolute atomic E-state index is 0.0288. The van der Waals surface area contributed by atoms with E-state index in [1.165, 1.54) is 28.8 Å². The van der Waals surface area contributed by atoms with Gasteiger partial charge < -0.3 is 9.73 Å². The molecular formula is C18H21ClN2O4S. The molecule has 1 fully saturated rings. The summed E-state index contributed by atoms with van der Waals surface area (Å²) in [6.45, 7) is 3.19. The average Bonchev–Trinajstić information content (AvgIpc) is 3.13. The van der Waals surface area contributed by atoms with Crippen molar-refractivity contribution in [1.82, 2.24) is 9.62 Å². The van der Waals surface area contributed by atoms with E-state index in [1.807, 2.05) is 6.92 Å². The molecule has 1 saturated heterocycles. The summed E-state index contributed by atoms with van der Waals surface area (Å²) in [5.74, 6) is 0.529. The summed E-state index contributed by atoms with van der Waals surface area (Å²) in [6.07, 6.45) is 3.35. The lowest BCUT2D eigenvalue weighted by molar-refractivity contribution is 0.0948. The van der Waals surface area contributed by atoms with Crippen molar-refractivity contribution < 1.29 is 17.6 Å². The number of benzene rings is 1. The van der Waals surface area contributed by atoms with Crippen molar-refractivity contribution in [2.75, 3.05) is 13.1 Å². The SMILES string of the molecule is C[C@@H]1CCCN(S(=O)(=O)c2cc(C(=O)NCc3ccco3)ccc2Cl)C1. The van der Waals surface area contributed by atoms with Crippen LogP contribution >= 0.6 is 11.6 Å². The number of nitrogens with zero attached hydrogens (tertiary/aromatic N) is 1. The van der Waals surface area contributed by atoms with Crippen LogP contribution in [-0.4, -0.2) is 31.7 Å². The monoisotopic (exact) mass is 396 g/mol. The van der Waals surface area contributed by atoms with E-state index in [1.54, 1.807) is 12.1 Å². The number of carbonyl (C=O) groups is 1. The lowest BCUT2D eigenvalue weighted by atomic mass is 10.0. The molecule has 0 radical (unpaired) electrons. The molecule has 140 valence electrons. The van der Waals surface area contributed by atoms with Gasteiger partial charge in [0.05, 0.1) is 17.8 Å². The molecule has 1 aliphatic heterocycles. The van der Waals surface area contributed by atoms with Crippen LogP contribution in [0.1, 0.15) is 35.9 Å². The largest absolute Gasteiger partial charge is 0.467 e. The summed E-state index contributed by atoms with van der Waals surface area (Å²) in [6, 6.07) is 7.78. The molecule has 1 aromatic heterocycles. The molecule has 0 bridgehead atoms. The van der Waals surface area contributed by atoms with E-state index in [2.05, 4.69) is 5.32 Å². The van der Waals surface area contributed by atoms with Crippen LogP contribution in [0.15, 0.2) is 45.9 Å². The third-order valence-corrected chi connectivity index (χ3v) is 6.78. The highest BCUT2D eigenvalue weighted by Gasteiger charge is 2.30. The Bertz CT molecular complexity index is 881. The van der Waals surface area contributed by atoms with Gasteiger partial charge >= 0.3 is 0 Å². The highest BCUT2D eigenvalue weighted by Crippen LogP contribution is 2.29. The van der Waals surface area contributed by atoms with E-state index < -0.39 is 10.0 Å². The van der Waals surface area contributed by atoms with Crippen LogP contribution in [0.2, 0.25) is 5.02 Å². The topological polar surface area (TPSA) is 79.6 Å². The van der Waals surface area contributed by atoms with Crippen LogP contribution in [0.4, 0.5) is 0 Å². The Balaban J connectivity index is 1.81. The highest BCUT2D eigenvalue weighted by atomic mass is 35.5. The number of amides is 1. The summed E-state index contributed by atoms with van der Waals surface area (Å²) >= 11 is 6.15. The van der Waals surface area contributed by atoms with Crippen LogP contribution in [0, 0.1) is 5.92 Å². The first kappa shape index (κ1) is 18.9. The lowest BCUT2D eigenvalue weighted by Crippen LogP contribution is -2.39. The molecule has 1 atom stereocenters. The molecule has 1 N–H and O–H groups in total. The Labute approximate surface area is 158 Å². The molecule has 8 heteroatoms. The normalized spacial score (nSPS) is 18.6. The predicted molar refractivity (Wildman–Crippen MR) is 98.5 cm³/mol. The van der Waals surface area contributed by atoms with Crippen LogP contribution < -0.4 is 5.32 Å². The second-order valence-corrected chi connectivity index (χ2v) is 8.83. The zero-order chi connectivity index (χ0) is 18.7. The van der Waals surface area contributed by atoms with Gasteiger partial charge in [-0.2, -0.15) is 4.31 Å². The Kier molecular flexibility index (Phi) is 5.70. The Morgan fingerprint density at radius 3 is 2.88 bits per heavy atom. The summed E-state index contributed by atoms with van der Waals surface area (Å²) in [5, 5.41) is 2.82. The predicted octanol–water partition coefficient (Wildman–Crippen LogP) is 3.28. The van der Waals surface area contributed by atoms with Gasteiger partial charge in [-0.05, 0) is 49.1 Å². The van der Waals surface area contributed by atoms with Gasteiger partial charge in [0.25, 0.3) is 5.91 Å². The van der Waals surface area contributed by atoms with E-state index in [9.17, 15) is 13.2 Å². The lowest BCUT2D eigenvalue weighted by Gasteiger charge is -2.30. The molecule has 3 rings (SSSR count). The first-order valence-corrected chi connectivity index (χ1v) is 10.3. The summed E-state index contributed by atoms with van der Waals surface area (Å²) in [4.78, 5) is 12.3. The molecule has 6 nitrogen and oxygen atoms in total. The summed E-state index contributed by atoms with van der Waals surface area (Å²) in [7, 11) is -3.74. The summed E-state index contributed by atoms with van der Waals surface area (Å²) < 4.78 is 32.6. The molecule has 0 aliphatic carbocycles. The molecule has 2 aromatic rings. The van der Waals surface area contributed by atoms with E-state index in [0.29, 0.717) is 24.8 Å². The van der Waals surface area contributed by atoms with Crippen molar-refractivity contribution in [1.29, 1.82) is 0 Å². The third kappa shape index (κ3) is 4.11. The molecule has 1 aromatic carbocycles. The molecule has 0 spiro atoms. The van der Waals surface area contributed by atoms with E-state index in [4.69, 9.17) is 16.0 Å². The van der Waals surface area contributed by atoms with Gasteiger partial charge in [0.1, 0.15) is 10.7 Å². The van der Waals surface area contributed by atoms with Crippen molar-refractivity contribution in [3.63, 3.8) is 0 Å². The van der Waals surface area contributed by atoms with Gasteiger partial charge in [-0.25, -0.2) is 8.42 Å². The van der Waals surface area contributed by atoms with E-state index in [-0.39, 0.29) is 27.9 Å². The molecule has 0 unspecified atom stereocenters. The zero-order valence-corrected chi connectivity index (χ0v) is 16.0. The van der Waals surface area contributed by atoms with Crippen molar-refractivity contribution >= 4 is 27.5 Å². The van der Waals surface area contributed by atoms with Crippen molar-refractivity contribution in [2.45, 2.75) is 31.2 Å². The van der Waals surface area contributed by atoms with Crippen molar-refractivity contribution in [2.24, 2.45) is 5.92 Å². The maximum atomic E-state index is 13.0. The highest BCUT2D eigenvalue weighted by molar-refractivity contribution is 7.89. The van der Waals surface area contributed by atoms with Gasteiger partial charge in [-0.3, -0.25) is 4.79 Å². The number of rotatable bonds is 5. The number of furan rings is 1. The molecule has 1 amide bonds. The van der Waals surface area contributed by atoms with Crippen molar-refractivity contribution in [3.05, 3.63) is 52.9 Å². The van der Waals surface area contributed by atoms with Crippen molar-refractivity contribution in [3.8, 4) is 0 Å². The fraction of sp³-hybridized carbons (Fsp3) is 0.389. The number of hydrogen-bond acceptors (Lipinski definition) is 4. The average molecular weight is 397 g/mol. The Morgan fingerprint density at radius 1 is 1.38 bits per heavy atom. The molecule has 2 heterocycles. The second-order valence-electron chi connectivity index (χ2n) is 6.52. The fourth-order valence-electron chi connectivity index (χ4n) is 3.03. The number of carbonyl (C=O) groups excluding carboxylic acids is 1. The molecule has 26 heavy (non-hydrogen) atoms. The van der Waals surface area contributed by atoms with Crippen LogP contribution in [0.25, 0.3) is 0 Å². The van der Waals surface area contributed by atoms with Crippen LogP contribution in [0.5, 0.6) is 0 Å². The van der Waals surface area contributed by atoms with E-state index in [0.717, 1.165) is 12.8 Å². The van der Waals surface area contributed by atoms with Gasteiger partial charge in [0, 0.05) is 18.7 Å². The first-order valence-electron chi connectivity index (χ1n) is 8.48. The maximum Gasteiger partial charge on any atom is 0.251 e. The first-order chi connectivity index (χ1) is 12.4. The second kappa shape index (κ2) is 7.82. The minimum Gasteiger partial charge on any atom is -0.467 e. The van der Waals surface area contributed by atoms with Crippen LogP contribution in [-0.2, 0) is 16.6 Å². The minimum atomic E-state index is -3.74. The summed E-state index contributed by atoms with van der Waals surface area (Å²) in [5.41, 5.74) is 0.240. The smallest absolute Gasteiger partial charge is 0.251 e. The fourth-order valence-corrected chi connectivity index (χ4v) is 5.13. The quantitative estimate of drug-likeness (QED) is 0.841. The zero-order valence-electron chi connectivity index (χ0n) is 14.4. The standard InChI is InChI=1S/C18H21ClN2O4S/c1-13-4-2-8-21(12-13)26(23,24)17-10-14(6-7-16(17)19)18(22)20-11-15-5-3-9-25-15/h3,5-7,9-10,13H,2,4,8,11-12H2,1H3,(H,20,22)/t13-/m1/s1. The van der Waals surface area contributed by atoms with Crippen LogP contribution in [0.3, 0.4) is 0 Å². The Hall–Kier alpha value is -1.83. The molecular weight excluding hydrogens is 376 g/mol. The number of hydrogen-bond donors (Lipinski definition) is 1. The van der Waals surface area contributed by atoms with Gasteiger partial charge in [0.15, 0.2) is 0 Å².